The van der Waals surface area contributed by atoms with E-state index in [0.29, 0.717) is 24.2 Å². The highest BCUT2D eigenvalue weighted by Crippen LogP contribution is 2.64. The highest BCUT2D eigenvalue weighted by atomic mass is 19.2. The molecule has 27 heavy (non-hydrogen) atoms. The summed E-state index contributed by atoms with van der Waals surface area (Å²) >= 11 is 0. The van der Waals surface area contributed by atoms with Crippen molar-refractivity contribution in [3.8, 4) is 0 Å². The van der Waals surface area contributed by atoms with E-state index in [9.17, 15) is 4.79 Å². The van der Waals surface area contributed by atoms with Gasteiger partial charge in [0.25, 0.3) is 0 Å². The van der Waals surface area contributed by atoms with Gasteiger partial charge in [0.1, 0.15) is 0 Å². The van der Waals surface area contributed by atoms with Crippen LogP contribution in [0.4, 0.5) is 4.39 Å². The van der Waals surface area contributed by atoms with Crippen LogP contribution in [0.3, 0.4) is 0 Å². The number of rotatable bonds is 4. The Morgan fingerprint density at radius 3 is 1.59 bits per heavy atom. The number of ether oxygens (including phenoxy) is 1. The predicted molar refractivity (Wildman–Crippen MR) is 101 cm³/mol. The molecule has 8 bridgehead atoms. The van der Waals surface area contributed by atoms with Crippen molar-refractivity contribution in [1.29, 1.82) is 0 Å². The first kappa shape index (κ1) is 17.3. The van der Waals surface area contributed by atoms with Crippen molar-refractivity contribution in [2.24, 2.45) is 46.3 Å². The summed E-state index contributed by atoms with van der Waals surface area (Å²) < 4.78 is 21.4. The zero-order valence-electron chi connectivity index (χ0n) is 16.9. The molecule has 150 valence electrons. The monoisotopic (exact) mass is 374 g/mol. The van der Waals surface area contributed by atoms with Gasteiger partial charge in [0.2, 0.25) is 5.85 Å². The van der Waals surface area contributed by atoms with Crippen molar-refractivity contribution in [1.82, 2.24) is 0 Å². The Bertz CT molecular complexity index is 580. The molecule has 0 heterocycles. The van der Waals surface area contributed by atoms with Crippen molar-refractivity contribution >= 4 is 5.97 Å². The SMILES string of the molecule is CC(F)(CC12CC3CC(CC(C3)C1)C2)OC(=O)C12CC3CC(CC(C3)C1)C2. The van der Waals surface area contributed by atoms with Gasteiger partial charge in [-0.05, 0) is 118 Å². The maximum Gasteiger partial charge on any atom is 0.314 e. The number of carbonyl (C=O) groups is 1. The first-order chi connectivity index (χ1) is 12.8. The van der Waals surface area contributed by atoms with E-state index >= 15 is 4.39 Å². The molecule has 0 aliphatic heterocycles. The fourth-order valence-electron chi connectivity index (χ4n) is 9.87. The van der Waals surface area contributed by atoms with Gasteiger partial charge in [0, 0.05) is 13.3 Å². The Morgan fingerprint density at radius 1 is 0.815 bits per heavy atom. The Hall–Kier alpha value is -0.600. The number of hydrogen-bond acceptors (Lipinski definition) is 2. The van der Waals surface area contributed by atoms with Crippen molar-refractivity contribution in [3.05, 3.63) is 0 Å². The standard InChI is InChI=1S/C24H35FO2/c1-22(25,14-23-8-15-2-16(9-23)4-17(3-15)10-23)27-21(26)24-11-18-5-19(12-24)7-20(6-18)13-24/h15-20H,2-14H2,1H3. The first-order valence-electron chi connectivity index (χ1n) is 11.7. The molecule has 0 spiro atoms. The summed E-state index contributed by atoms with van der Waals surface area (Å²) in [5.74, 6) is 2.54. The molecule has 3 heteroatoms. The van der Waals surface area contributed by atoms with E-state index in [4.69, 9.17) is 4.74 Å². The molecule has 8 aliphatic carbocycles. The van der Waals surface area contributed by atoms with Gasteiger partial charge in [-0.3, -0.25) is 4.79 Å². The van der Waals surface area contributed by atoms with Gasteiger partial charge in [-0.1, -0.05) is 0 Å². The van der Waals surface area contributed by atoms with Crippen molar-refractivity contribution in [3.63, 3.8) is 0 Å². The van der Waals surface area contributed by atoms with E-state index < -0.39 is 5.85 Å². The van der Waals surface area contributed by atoms with Crippen LogP contribution in [0.15, 0.2) is 0 Å². The lowest BCUT2D eigenvalue weighted by molar-refractivity contribution is -0.216. The molecule has 8 rings (SSSR count). The van der Waals surface area contributed by atoms with Crippen LogP contribution in [-0.4, -0.2) is 11.8 Å². The molecule has 0 aromatic carbocycles. The quantitative estimate of drug-likeness (QED) is 0.561. The minimum absolute atomic E-state index is 0.111. The summed E-state index contributed by atoms with van der Waals surface area (Å²) in [4.78, 5) is 13.2. The number of alkyl halides is 1. The maximum atomic E-state index is 15.7. The van der Waals surface area contributed by atoms with E-state index in [-0.39, 0.29) is 16.8 Å². The fourth-order valence-corrected chi connectivity index (χ4v) is 9.87. The summed E-state index contributed by atoms with van der Waals surface area (Å²) in [6.07, 6.45) is 14.9. The highest BCUT2D eigenvalue weighted by molar-refractivity contribution is 5.78. The lowest BCUT2D eigenvalue weighted by Crippen LogP contribution is -2.53. The zero-order valence-corrected chi connectivity index (χ0v) is 16.9. The number of halogens is 1. The minimum atomic E-state index is -1.79. The number of esters is 1. The van der Waals surface area contributed by atoms with Crippen LogP contribution in [0.5, 0.6) is 0 Å². The largest absolute Gasteiger partial charge is 0.428 e. The second-order valence-corrected chi connectivity index (χ2v) is 12.3. The summed E-state index contributed by atoms with van der Waals surface area (Å²) in [5.41, 5.74) is -0.233. The van der Waals surface area contributed by atoms with Crippen LogP contribution in [0.25, 0.3) is 0 Å². The molecule has 1 atom stereocenters. The molecule has 0 N–H and O–H groups in total. The third kappa shape index (κ3) is 2.81. The van der Waals surface area contributed by atoms with Crippen LogP contribution in [-0.2, 0) is 9.53 Å². The van der Waals surface area contributed by atoms with Gasteiger partial charge in [0.15, 0.2) is 0 Å². The summed E-state index contributed by atoms with van der Waals surface area (Å²) in [7, 11) is 0. The van der Waals surface area contributed by atoms with Gasteiger partial charge in [-0.25, -0.2) is 0 Å². The summed E-state index contributed by atoms with van der Waals surface area (Å²) in [5, 5.41) is 0. The summed E-state index contributed by atoms with van der Waals surface area (Å²) in [6.45, 7) is 1.56. The Balaban J connectivity index is 1.17. The molecule has 0 saturated heterocycles. The van der Waals surface area contributed by atoms with Gasteiger partial charge < -0.3 is 4.74 Å². The van der Waals surface area contributed by atoms with Crippen LogP contribution < -0.4 is 0 Å². The molecule has 8 aliphatic rings. The second kappa shape index (κ2) is 5.51. The van der Waals surface area contributed by atoms with Gasteiger partial charge >= 0.3 is 5.97 Å². The van der Waals surface area contributed by atoms with Crippen LogP contribution in [0.1, 0.15) is 90.4 Å². The average Bonchev–Trinajstić information content (AvgIpc) is 2.50. The van der Waals surface area contributed by atoms with Gasteiger partial charge in [0.05, 0.1) is 5.41 Å². The molecule has 0 radical (unpaired) electrons. The van der Waals surface area contributed by atoms with Crippen molar-refractivity contribution in [2.75, 3.05) is 0 Å². The zero-order chi connectivity index (χ0) is 18.4. The number of hydrogen-bond donors (Lipinski definition) is 0. The molecule has 0 amide bonds. The van der Waals surface area contributed by atoms with Gasteiger partial charge in [-0.2, -0.15) is 4.39 Å². The third-order valence-corrected chi connectivity index (χ3v) is 9.63. The van der Waals surface area contributed by atoms with E-state index in [1.807, 2.05) is 0 Å². The molecule has 8 saturated carbocycles. The Labute approximate surface area is 163 Å². The van der Waals surface area contributed by atoms with Crippen LogP contribution in [0, 0.1) is 46.3 Å². The summed E-state index contributed by atoms with van der Waals surface area (Å²) in [6, 6.07) is 0. The van der Waals surface area contributed by atoms with E-state index in [1.54, 1.807) is 6.92 Å². The van der Waals surface area contributed by atoms with Crippen molar-refractivity contribution < 1.29 is 13.9 Å². The molecule has 8 fully saturated rings. The number of carbonyl (C=O) groups excluding carboxylic acids is 1. The van der Waals surface area contributed by atoms with E-state index in [0.717, 1.165) is 37.0 Å². The molecule has 0 aromatic heterocycles. The lowest BCUT2D eigenvalue weighted by atomic mass is 9.48. The smallest absolute Gasteiger partial charge is 0.314 e. The van der Waals surface area contributed by atoms with Crippen molar-refractivity contribution in [2.45, 2.75) is 96.2 Å². The third-order valence-electron chi connectivity index (χ3n) is 9.63. The second-order valence-electron chi connectivity index (χ2n) is 12.3. The minimum Gasteiger partial charge on any atom is -0.428 e. The molecular formula is C24H35FO2. The van der Waals surface area contributed by atoms with Crippen LogP contribution >= 0.6 is 0 Å². The Kier molecular flexibility index (Phi) is 3.52. The topological polar surface area (TPSA) is 26.3 Å². The van der Waals surface area contributed by atoms with E-state index in [2.05, 4.69) is 0 Å². The Morgan fingerprint density at radius 2 is 1.19 bits per heavy atom. The maximum absolute atomic E-state index is 15.7. The predicted octanol–water partition coefficient (Wildman–Crippen LogP) is 6.04. The van der Waals surface area contributed by atoms with Gasteiger partial charge in [-0.15, -0.1) is 0 Å². The molecule has 1 unspecified atom stereocenters. The normalized spacial score (nSPS) is 54.1. The molecule has 2 nitrogen and oxygen atoms in total. The first-order valence-corrected chi connectivity index (χ1v) is 11.7. The molecular weight excluding hydrogens is 339 g/mol. The van der Waals surface area contributed by atoms with Crippen LogP contribution in [0.2, 0.25) is 0 Å². The fraction of sp³-hybridized carbons (Fsp3) is 0.958. The average molecular weight is 375 g/mol. The lowest BCUT2D eigenvalue weighted by Gasteiger charge is -2.58. The van der Waals surface area contributed by atoms with E-state index in [1.165, 1.54) is 57.8 Å². The highest BCUT2D eigenvalue weighted by Gasteiger charge is 2.58. The molecule has 0 aromatic rings.